The van der Waals surface area contributed by atoms with Gasteiger partial charge in [0, 0.05) is 22.7 Å². The van der Waals surface area contributed by atoms with Gasteiger partial charge in [0.1, 0.15) is 5.75 Å². The number of rotatable bonds is 4. The lowest BCUT2D eigenvalue weighted by molar-refractivity contribution is -0.384. The third-order valence-electron chi connectivity index (χ3n) is 3.54. The Balaban J connectivity index is 2.02. The van der Waals surface area contributed by atoms with Crippen molar-refractivity contribution in [1.29, 1.82) is 0 Å². The number of ether oxygens (including phenoxy) is 1. The standard InChI is InChI=1S/C19H12ClNO4/c20-15-8-6-13(7-9-15)17-12-16(21(23)24)10-11-18(17)25-19(22)14-4-2-1-3-5-14/h1-12H. The molecule has 0 unspecified atom stereocenters. The van der Waals surface area contributed by atoms with Crippen LogP contribution in [0.5, 0.6) is 5.75 Å². The Morgan fingerprint density at radius 2 is 1.64 bits per heavy atom. The molecule has 124 valence electrons. The van der Waals surface area contributed by atoms with E-state index in [0.29, 0.717) is 21.7 Å². The maximum Gasteiger partial charge on any atom is 0.343 e. The van der Waals surface area contributed by atoms with Crippen molar-refractivity contribution in [3.63, 3.8) is 0 Å². The Morgan fingerprint density at radius 3 is 2.28 bits per heavy atom. The topological polar surface area (TPSA) is 69.4 Å². The van der Waals surface area contributed by atoms with Gasteiger partial charge in [0.2, 0.25) is 0 Å². The van der Waals surface area contributed by atoms with Gasteiger partial charge in [-0.1, -0.05) is 41.9 Å². The van der Waals surface area contributed by atoms with Crippen molar-refractivity contribution in [3.8, 4) is 16.9 Å². The van der Waals surface area contributed by atoms with Crippen LogP contribution in [-0.4, -0.2) is 10.9 Å². The van der Waals surface area contributed by atoms with Gasteiger partial charge in [-0.2, -0.15) is 0 Å². The highest BCUT2D eigenvalue weighted by molar-refractivity contribution is 6.30. The average molecular weight is 354 g/mol. The fourth-order valence-electron chi connectivity index (χ4n) is 2.31. The highest BCUT2D eigenvalue weighted by Gasteiger charge is 2.17. The fraction of sp³-hybridized carbons (Fsp3) is 0. The van der Waals surface area contributed by atoms with Crippen LogP contribution in [0.1, 0.15) is 10.4 Å². The van der Waals surface area contributed by atoms with E-state index in [0.717, 1.165) is 0 Å². The van der Waals surface area contributed by atoms with Crippen molar-refractivity contribution in [1.82, 2.24) is 0 Å². The van der Waals surface area contributed by atoms with Gasteiger partial charge in [-0.3, -0.25) is 10.1 Å². The largest absolute Gasteiger partial charge is 0.422 e. The number of hydrogen-bond donors (Lipinski definition) is 0. The summed E-state index contributed by atoms with van der Waals surface area (Å²) in [7, 11) is 0. The first-order valence-electron chi connectivity index (χ1n) is 7.36. The molecule has 0 saturated carbocycles. The summed E-state index contributed by atoms with van der Waals surface area (Å²) < 4.78 is 5.46. The van der Waals surface area contributed by atoms with Crippen LogP contribution in [0.3, 0.4) is 0 Å². The first-order chi connectivity index (χ1) is 12.0. The molecule has 0 N–H and O–H groups in total. The zero-order chi connectivity index (χ0) is 17.8. The minimum absolute atomic E-state index is 0.0931. The Bertz CT molecular complexity index is 924. The molecule has 0 aromatic heterocycles. The number of nitrogens with zero attached hydrogens (tertiary/aromatic N) is 1. The van der Waals surface area contributed by atoms with E-state index in [9.17, 15) is 14.9 Å². The van der Waals surface area contributed by atoms with Crippen LogP contribution in [0.2, 0.25) is 5.02 Å². The average Bonchev–Trinajstić information content (AvgIpc) is 2.63. The van der Waals surface area contributed by atoms with Crippen molar-refractivity contribution < 1.29 is 14.5 Å². The van der Waals surface area contributed by atoms with Crippen LogP contribution < -0.4 is 4.74 Å². The lowest BCUT2D eigenvalue weighted by atomic mass is 10.0. The van der Waals surface area contributed by atoms with E-state index in [1.165, 1.54) is 18.2 Å². The SMILES string of the molecule is O=C(Oc1ccc([N+](=O)[O-])cc1-c1ccc(Cl)cc1)c1ccccc1. The molecule has 0 bridgehead atoms. The zero-order valence-corrected chi connectivity index (χ0v) is 13.6. The second-order valence-electron chi connectivity index (χ2n) is 5.20. The van der Waals surface area contributed by atoms with Crippen LogP contribution in [0.15, 0.2) is 72.8 Å². The number of nitro benzene ring substituents is 1. The quantitative estimate of drug-likeness (QED) is 0.282. The number of esters is 1. The number of non-ortho nitro benzene ring substituents is 1. The van der Waals surface area contributed by atoms with Gasteiger partial charge in [-0.15, -0.1) is 0 Å². The van der Waals surface area contributed by atoms with Crippen LogP contribution in [0.25, 0.3) is 11.1 Å². The maximum absolute atomic E-state index is 12.3. The molecule has 0 spiro atoms. The summed E-state index contributed by atoms with van der Waals surface area (Å²) in [4.78, 5) is 22.9. The van der Waals surface area contributed by atoms with Crippen molar-refractivity contribution >= 4 is 23.3 Å². The predicted octanol–water partition coefficient (Wildman–Crippen LogP) is 5.13. The summed E-state index contributed by atoms with van der Waals surface area (Å²) in [6.07, 6.45) is 0. The molecule has 0 heterocycles. The zero-order valence-electron chi connectivity index (χ0n) is 12.9. The van der Waals surface area contributed by atoms with Crippen LogP contribution >= 0.6 is 11.6 Å². The molecule has 0 aliphatic rings. The van der Waals surface area contributed by atoms with Gasteiger partial charge in [-0.25, -0.2) is 4.79 Å². The van der Waals surface area contributed by atoms with Gasteiger partial charge in [0.25, 0.3) is 5.69 Å². The highest BCUT2D eigenvalue weighted by Crippen LogP contribution is 2.34. The molecule has 0 saturated heterocycles. The van der Waals surface area contributed by atoms with Crippen LogP contribution in [-0.2, 0) is 0 Å². The Labute approximate surface area is 148 Å². The number of carbonyl (C=O) groups excluding carboxylic acids is 1. The first kappa shape index (κ1) is 16.7. The molecule has 3 rings (SSSR count). The Hall–Kier alpha value is -3.18. The number of benzene rings is 3. The molecule has 5 nitrogen and oxygen atoms in total. The second kappa shape index (κ2) is 7.15. The minimum Gasteiger partial charge on any atom is -0.422 e. The molecular formula is C19H12ClNO4. The van der Waals surface area contributed by atoms with Crippen LogP contribution in [0.4, 0.5) is 5.69 Å². The second-order valence-corrected chi connectivity index (χ2v) is 5.64. The van der Waals surface area contributed by atoms with E-state index in [2.05, 4.69) is 0 Å². The molecule has 0 atom stereocenters. The molecule has 3 aromatic carbocycles. The number of carbonyl (C=O) groups is 1. The maximum atomic E-state index is 12.3. The van der Waals surface area contributed by atoms with Crippen LogP contribution in [0, 0.1) is 10.1 Å². The number of nitro groups is 1. The molecule has 0 amide bonds. The molecule has 0 radical (unpaired) electrons. The Morgan fingerprint density at radius 1 is 0.960 bits per heavy atom. The summed E-state index contributed by atoms with van der Waals surface area (Å²) >= 11 is 5.89. The van der Waals surface area contributed by atoms with Gasteiger partial charge < -0.3 is 4.74 Å². The summed E-state index contributed by atoms with van der Waals surface area (Å²) in [6, 6.07) is 19.4. The Kier molecular flexibility index (Phi) is 4.77. The third-order valence-corrected chi connectivity index (χ3v) is 3.79. The molecule has 0 aliphatic heterocycles. The molecular weight excluding hydrogens is 342 g/mol. The summed E-state index contributed by atoms with van der Waals surface area (Å²) in [5.74, 6) is -0.300. The monoisotopic (exact) mass is 353 g/mol. The third kappa shape index (κ3) is 3.84. The number of halogens is 1. The molecule has 3 aromatic rings. The van der Waals surface area contributed by atoms with Crippen molar-refractivity contribution in [2.75, 3.05) is 0 Å². The van der Waals surface area contributed by atoms with Gasteiger partial charge in [0.05, 0.1) is 10.5 Å². The van der Waals surface area contributed by atoms with E-state index in [1.807, 2.05) is 0 Å². The van der Waals surface area contributed by atoms with Crippen molar-refractivity contribution in [2.45, 2.75) is 0 Å². The van der Waals surface area contributed by atoms with Gasteiger partial charge >= 0.3 is 5.97 Å². The van der Waals surface area contributed by atoms with E-state index in [1.54, 1.807) is 54.6 Å². The smallest absolute Gasteiger partial charge is 0.343 e. The highest BCUT2D eigenvalue weighted by atomic mass is 35.5. The molecule has 0 aliphatic carbocycles. The van der Waals surface area contributed by atoms with Gasteiger partial charge in [0.15, 0.2) is 0 Å². The van der Waals surface area contributed by atoms with E-state index in [-0.39, 0.29) is 11.4 Å². The normalized spacial score (nSPS) is 10.3. The van der Waals surface area contributed by atoms with Crippen molar-refractivity contribution in [2.24, 2.45) is 0 Å². The summed E-state index contributed by atoms with van der Waals surface area (Å²) in [5, 5.41) is 11.6. The van der Waals surface area contributed by atoms with Gasteiger partial charge in [-0.05, 0) is 35.9 Å². The predicted molar refractivity (Wildman–Crippen MR) is 94.9 cm³/mol. The minimum atomic E-state index is -0.537. The van der Waals surface area contributed by atoms with Crippen molar-refractivity contribution in [3.05, 3.63) is 93.5 Å². The summed E-state index contributed by atoms with van der Waals surface area (Å²) in [5.41, 5.74) is 1.39. The molecule has 25 heavy (non-hydrogen) atoms. The summed E-state index contributed by atoms with van der Waals surface area (Å²) in [6.45, 7) is 0. The van der Waals surface area contributed by atoms with E-state index >= 15 is 0 Å². The van der Waals surface area contributed by atoms with E-state index in [4.69, 9.17) is 16.3 Å². The lowest BCUT2D eigenvalue weighted by Crippen LogP contribution is -2.09. The lowest BCUT2D eigenvalue weighted by Gasteiger charge is -2.10. The molecule has 0 fully saturated rings. The first-order valence-corrected chi connectivity index (χ1v) is 7.74. The van der Waals surface area contributed by atoms with E-state index < -0.39 is 10.9 Å². The molecule has 6 heteroatoms. The number of hydrogen-bond acceptors (Lipinski definition) is 4. The fourth-order valence-corrected chi connectivity index (χ4v) is 2.43.